The SMILES string of the molecule is NN1C(Nc2nnnn2CCO)c2nc(cc(N3CCOCC3)n2)C1c1ccc(Cl)cc1. The number of rotatable bonds is 6. The van der Waals surface area contributed by atoms with E-state index in [0.717, 1.165) is 30.2 Å². The summed E-state index contributed by atoms with van der Waals surface area (Å²) < 4.78 is 6.95. The Hall–Kier alpha value is -2.90. The van der Waals surface area contributed by atoms with Crippen molar-refractivity contribution < 1.29 is 9.84 Å². The monoisotopic (exact) mass is 458 g/mol. The average molecular weight is 459 g/mol. The second kappa shape index (κ2) is 8.92. The molecule has 2 bridgehead atoms. The van der Waals surface area contributed by atoms with Gasteiger partial charge in [-0.2, -0.15) is 0 Å². The molecule has 1 aromatic carbocycles. The number of nitrogens with two attached hydrogens (primary N) is 1. The molecule has 0 spiro atoms. The van der Waals surface area contributed by atoms with Crippen LogP contribution in [0.3, 0.4) is 0 Å². The number of tetrazole rings is 1. The third-order valence-electron chi connectivity index (χ3n) is 5.50. The van der Waals surface area contributed by atoms with E-state index in [4.69, 9.17) is 32.1 Å². The van der Waals surface area contributed by atoms with Gasteiger partial charge in [-0.05, 0) is 28.1 Å². The number of halogens is 1. The van der Waals surface area contributed by atoms with Crippen molar-refractivity contribution in [1.29, 1.82) is 0 Å². The first-order valence-electron chi connectivity index (χ1n) is 10.3. The van der Waals surface area contributed by atoms with Gasteiger partial charge in [-0.25, -0.2) is 19.7 Å². The molecule has 2 aliphatic rings. The molecule has 0 radical (unpaired) electrons. The summed E-state index contributed by atoms with van der Waals surface area (Å²) in [4.78, 5) is 11.7. The predicted molar refractivity (Wildman–Crippen MR) is 116 cm³/mol. The second-order valence-electron chi connectivity index (χ2n) is 7.51. The highest BCUT2D eigenvalue weighted by atomic mass is 35.5. The van der Waals surface area contributed by atoms with Crippen molar-refractivity contribution in [3.8, 4) is 0 Å². The van der Waals surface area contributed by atoms with Crippen LogP contribution < -0.4 is 16.1 Å². The van der Waals surface area contributed by atoms with E-state index in [-0.39, 0.29) is 19.2 Å². The molecule has 32 heavy (non-hydrogen) atoms. The minimum absolute atomic E-state index is 0.0999. The number of aliphatic hydroxyl groups is 1. The van der Waals surface area contributed by atoms with Gasteiger partial charge in [0, 0.05) is 24.2 Å². The van der Waals surface area contributed by atoms with Gasteiger partial charge in [0.1, 0.15) is 5.82 Å². The van der Waals surface area contributed by atoms with Gasteiger partial charge in [-0.15, -0.1) is 0 Å². The molecule has 0 aliphatic carbocycles. The molecule has 1 fully saturated rings. The number of morpholine rings is 1. The number of hydrogen-bond acceptors (Lipinski definition) is 11. The first-order chi connectivity index (χ1) is 15.6. The first kappa shape index (κ1) is 21.0. The summed E-state index contributed by atoms with van der Waals surface area (Å²) in [6, 6.07) is 9.15. The number of anilines is 2. The molecule has 4 heterocycles. The van der Waals surface area contributed by atoms with Gasteiger partial charge in [0.2, 0.25) is 5.95 Å². The third-order valence-corrected chi connectivity index (χ3v) is 5.75. The quantitative estimate of drug-likeness (QED) is 0.439. The maximum absolute atomic E-state index is 9.30. The van der Waals surface area contributed by atoms with Crippen LogP contribution in [-0.4, -0.2) is 73.2 Å². The molecule has 0 saturated carbocycles. The Morgan fingerprint density at radius 3 is 2.72 bits per heavy atom. The molecule has 12 nitrogen and oxygen atoms in total. The Kier molecular flexibility index (Phi) is 5.85. The summed E-state index contributed by atoms with van der Waals surface area (Å²) in [5, 5.41) is 26.4. The highest BCUT2D eigenvalue weighted by molar-refractivity contribution is 6.30. The van der Waals surface area contributed by atoms with Crippen molar-refractivity contribution in [2.45, 2.75) is 18.8 Å². The fourth-order valence-corrected chi connectivity index (χ4v) is 4.05. The largest absolute Gasteiger partial charge is 0.394 e. The summed E-state index contributed by atoms with van der Waals surface area (Å²) in [6.45, 7) is 2.94. The van der Waals surface area contributed by atoms with Crippen LogP contribution in [0.2, 0.25) is 5.02 Å². The fraction of sp³-hybridized carbons (Fsp3) is 0.421. The zero-order chi connectivity index (χ0) is 22.1. The van der Waals surface area contributed by atoms with Crippen LogP contribution in [0.15, 0.2) is 30.3 Å². The summed E-state index contributed by atoms with van der Waals surface area (Å²) >= 11 is 6.10. The van der Waals surface area contributed by atoms with Gasteiger partial charge in [-0.1, -0.05) is 28.8 Å². The molecule has 0 amide bonds. The number of nitrogens with zero attached hydrogens (tertiary/aromatic N) is 8. The van der Waals surface area contributed by atoms with Crippen LogP contribution in [0.5, 0.6) is 0 Å². The summed E-state index contributed by atoms with van der Waals surface area (Å²) in [6.07, 6.45) is -0.604. The normalized spacial score (nSPS) is 21.0. The molecule has 168 valence electrons. The first-order valence-corrected chi connectivity index (χ1v) is 10.7. The number of benzene rings is 1. The van der Waals surface area contributed by atoms with Crippen molar-refractivity contribution in [2.24, 2.45) is 5.84 Å². The van der Waals surface area contributed by atoms with Crippen molar-refractivity contribution in [3.05, 3.63) is 52.4 Å². The minimum Gasteiger partial charge on any atom is -0.394 e. The fourth-order valence-electron chi connectivity index (χ4n) is 3.93. The molecule has 2 aliphatic heterocycles. The zero-order valence-corrected chi connectivity index (χ0v) is 17.9. The van der Waals surface area contributed by atoms with Crippen LogP contribution in [0, 0.1) is 0 Å². The van der Waals surface area contributed by atoms with Crippen LogP contribution in [-0.2, 0) is 11.3 Å². The molecule has 5 rings (SSSR count). The van der Waals surface area contributed by atoms with Crippen LogP contribution in [0.25, 0.3) is 0 Å². The number of hydrogen-bond donors (Lipinski definition) is 3. The van der Waals surface area contributed by atoms with E-state index in [1.807, 2.05) is 30.3 Å². The minimum atomic E-state index is -0.604. The van der Waals surface area contributed by atoms with E-state index in [1.54, 1.807) is 5.01 Å². The van der Waals surface area contributed by atoms with E-state index in [1.165, 1.54) is 4.68 Å². The number of hydrazine groups is 1. The lowest BCUT2D eigenvalue weighted by atomic mass is 10.00. The van der Waals surface area contributed by atoms with Gasteiger partial charge in [0.15, 0.2) is 12.0 Å². The lowest BCUT2D eigenvalue weighted by Crippen LogP contribution is -2.47. The Balaban J connectivity index is 1.56. The van der Waals surface area contributed by atoms with Crippen LogP contribution in [0.4, 0.5) is 11.8 Å². The van der Waals surface area contributed by atoms with Gasteiger partial charge < -0.3 is 20.1 Å². The number of aromatic nitrogens is 6. The van der Waals surface area contributed by atoms with Crippen molar-refractivity contribution in [3.63, 3.8) is 0 Å². The lowest BCUT2D eigenvalue weighted by Gasteiger charge is -2.39. The summed E-state index contributed by atoms with van der Waals surface area (Å²) in [7, 11) is 0. The highest BCUT2D eigenvalue weighted by Gasteiger charge is 2.37. The van der Waals surface area contributed by atoms with Crippen molar-refractivity contribution in [2.75, 3.05) is 43.1 Å². The van der Waals surface area contributed by atoms with Gasteiger partial charge >= 0.3 is 0 Å². The topological polar surface area (TPSA) is 143 Å². The predicted octanol–water partition coefficient (Wildman–Crippen LogP) is 0.335. The maximum atomic E-state index is 9.30. The second-order valence-corrected chi connectivity index (χ2v) is 7.94. The van der Waals surface area contributed by atoms with E-state index >= 15 is 0 Å². The molecular weight excluding hydrogens is 436 g/mol. The molecular formula is C19H23ClN10O2. The van der Waals surface area contributed by atoms with Crippen LogP contribution >= 0.6 is 11.6 Å². The van der Waals surface area contributed by atoms with E-state index < -0.39 is 6.17 Å². The molecule has 1 saturated heterocycles. The molecule has 3 aromatic rings. The number of nitrogens with one attached hydrogen (secondary N) is 1. The standard InChI is InChI=1S/C19H23ClN10O2/c20-13-3-1-12(2-4-13)16-14-11-15(28-6-9-32-10-7-28)23-17(22-14)18(30(16)21)24-19-25-26-27-29(19)5-8-31/h1-4,11,16,18,31H,5-10,21H2,(H,24,25,27). The summed E-state index contributed by atoms with van der Waals surface area (Å²) in [5.74, 6) is 8.32. The average Bonchev–Trinajstić information content (AvgIpc) is 3.25. The maximum Gasteiger partial charge on any atom is 0.244 e. The van der Waals surface area contributed by atoms with Crippen molar-refractivity contribution in [1.82, 2.24) is 35.2 Å². The molecule has 13 heteroatoms. The smallest absolute Gasteiger partial charge is 0.244 e. The van der Waals surface area contributed by atoms with Gasteiger partial charge in [0.05, 0.1) is 38.1 Å². The Morgan fingerprint density at radius 1 is 1.19 bits per heavy atom. The molecule has 2 atom stereocenters. The van der Waals surface area contributed by atoms with E-state index in [0.29, 0.717) is 30.0 Å². The molecule has 2 aromatic heterocycles. The Bertz CT molecular complexity index is 1070. The number of aliphatic hydroxyl groups excluding tert-OH is 1. The Morgan fingerprint density at radius 2 is 1.97 bits per heavy atom. The van der Waals surface area contributed by atoms with E-state index in [2.05, 4.69) is 25.7 Å². The Labute approximate surface area is 188 Å². The molecule has 4 N–H and O–H groups in total. The van der Waals surface area contributed by atoms with E-state index in [9.17, 15) is 5.11 Å². The van der Waals surface area contributed by atoms with Crippen LogP contribution in [0.1, 0.15) is 29.3 Å². The number of ether oxygens (including phenoxy) is 1. The summed E-state index contributed by atoms with van der Waals surface area (Å²) in [5.41, 5.74) is 1.73. The van der Waals surface area contributed by atoms with Gasteiger partial charge in [0.25, 0.3) is 0 Å². The zero-order valence-electron chi connectivity index (χ0n) is 17.2. The van der Waals surface area contributed by atoms with Crippen molar-refractivity contribution >= 4 is 23.4 Å². The third kappa shape index (κ3) is 3.98. The highest BCUT2D eigenvalue weighted by Crippen LogP contribution is 2.37. The van der Waals surface area contributed by atoms with Gasteiger partial charge in [-0.3, -0.25) is 5.84 Å². The number of fused-ring (bicyclic) bond motifs is 2. The lowest BCUT2D eigenvalue weighted by molar-refractivity contribution is 0.121. The molecule has 2 unspecified atom stereocenters.